The first-order valence-corrected chi connectivity index (χ1v) is 9.87. The second kappa shape index (κ2) is 8.44. The number of likely N-dealkylation sites (tertiary alicyclic amines) is 1. The van der Waals surface area contributed by atoms with Gasteiger partial charge in [0, 0.05) is 53.1 Å². The molecule has 0 bridgehead atoms. The highest BCUT2D eigenvalue weighted by atomic mass is 32.2. The van der Waals surface area contributed by atoms with Crippen molar-refractivity contribution in [1.82, 2.24) is 10.2 Å². The maximum atomic E-state index is 12.0. The van der Waals surface area contributed by atoms with Crippen molar-refractivity contribution in [3.63, 3.8) is 0 Å². The predicted octanol–water partition coefficient (Wildman–Crippen LogP) is 2.19. The van der Waals surface area contributed by atoms with E-state index in [1.807, 2.05) is 22.7 Å². The number of carbonyl (C=O) groups is 1. The summed E-state index contributed by atoms with van der Waals surface area (Å²) in [6.07, 6.45) is 2.71. The van der Waals surface area contributed by atoms with Crippen LogP contribution in [0.4, 0.5) is 4.79 Å². The second-order valence-corrected chi connectivity index (χ2v) is 7.88. The molecule has 0 unspecified atom stereocenters. The molecule has 0 saturated carbocycles. The van der Waals surface area contributed by atoms with Crippen LogP contribution in [-0.4, -0.2) is 52.5 Å². The molecular weight excluding hydrogens is 304 g/mol. The van der Waals surface area contributed by atoms with Crippen LogP contribution in [0, 0.1) is 5.92 Å². The number of nitrogens with zero attached hydrogens (tertiary/aromatic N) is 1. The molecule has 1 aromatic rings. The number of urea groups is 1. The zero-order valence-electron chi connectivity index (χ0n) is 12.3. The second-order valence-electron chi connectivity index (χ2n) is 5.23. The van der Waals surface area contributed by atoms with E-state index < -0.39 is 10.8 Å². The van der Waals surface area contributed by atoms with Gasteiger partial charge in [-0.05, 0) is 24.5 Å². The summed E-state index contributed by atoms with van der Waals surface area (Å²) in [4.78, 5) is 15.1. The Labute approximate surface area is 133 Å². The number of hydrogen-bond donors (Lipinski definition) is 1. The van der Waals surface area contributed by atoms with Crippen LogP contribution in [0.25, 0.3) is 0 Å². The Hall–Kier alpha value is -1.01. The Morgan fingerprint density at radius 3 is 2.90 bits per heavy atom. The minimum atomic E-state index is -0.851. The third-order valence-electron chi connectivity index (χ3n) is 3.47. The fraction of sp³-hybridized carbons (Fsp3) is 0.533. The summed E-state index contributed by atoms with van der Waals surface area (Å²) in [6, 6.07) is 10.3. The molecule has 0 radical (unpaired) electrons. The number of hydrogen-bond acceptors (Lipinski definition) is 3. The van der Waals surface area contributed by atoms with Crippen LogP contribution in [0.5, 0.6) is 0 Å². The molecule has 1 saturated heterocycles. The zero-order valence-corrected chi connectivity index (χ0v) is 13.9. The van der Waals surface area contributed by atoms with Gasteiger partial charge in [-0.15, -0.1) is 11.8 Å². The van der Waals surface area contributed by atoms with Gasteiger partial charge in [0.15, 0.2) is 0 Å². The van der Waals surface area contributed by atoms with Crippen molar-refractivity contribution in [2.75, 3.05) is 37.4 Å². The quantitative estimate of drug-likeness (QED) is 0.815. The van der Waals surface area contributed by atoms with Gasteiger partial charge in [-0.3, -0.25) is 4.21 Å². The van der Waals surface area contributed by atoms with Gasteiger partial charge in [0.05, 0.1) is 0 Å². The van der Waals surface area contributed by atoms with Gasteiger partial charge in [0.1, 0.15) is 0 Å². The van der Waals surface area contributed by atoms with Gasteiger partial charge in [-0.25, -0.2) is 4.79 Å². The smallest absolute Gasteiger partial charge is 0.317 e. The first-order chi connectivity index (χ1) is 10.1. The number of carbonyl (C=O) groups excluding carboxylic acids is 1. The molecule has 2 rings (SSSR count). The monoisotopic (exact) mass is 326 g/mol. The molecule has 1 fully saturated rings. The van der Waals surface area contributed by atoms with E-state index in [0.29, 0.717) is 18.2 Å². The zero-order chi connectivity index (χ0) is 15.1. The van der Waals surface area contributed by atoms with Gasteiger partial charge < -0.3 is 10.2 Å². The fourth-order valence-electron chi connectivity index (χ4n) is 2.30. The summed E-state index contributed by atoms with van der Waals surface area (Å²) >= 11 is 1.85. The number of thioether (sulfide) groups is 1. The first kappa shape index (κ1) is 16.4. The standard InChI is InChI=1S/C15H22N2O2S2/c1-21(19)10-8-16-15(18)17-9-7-13(11-17)12-20-14-5-3-2-4-6-14/h2-6,13H,7-12H2,1H3,(H,16,18)/t13-,21-/m0/s1. The molecule has 6 heteroatoms. The Bertz CT molecular complexity index is 482. The highest BCUT2D eigenvalue weighted by Gasteiger charge is 2.25. The number of nitrogens with one attached hydrogen (secondary N) is 1. The predicted molar refractivity (Wildman–Crippen MR) is 89.2 cm³/mol. The fourth-order valence-corrected chi connectivity index (χ4v) is 3.74. The minimum Gasteiger partial charge on any atom is -0.337 e. The van der Waals surface area contributed by atoms with Crippen LogP contribution < -0.4 is 5.32 Å². The third kappa shape index (κ3) is 5.71. The molecule has 1 aromatic carbocycles. The summed E-state index contributed by atoms with van der Waals surface area (Å²) < 4.78 is 11.0. The highest BCUT2D eigenvalue weighted by Crippen LogP contribution is 2.25. The van der Waals surface area contributed by atoms with Gasteiger partial charge in [-0.1, -0.05) is 18.2 Å². The largest absolute Gasteiger partial charge is 0.337 e. The van der Waals surface area contributed by atoms with E-state index in [-0.39, 0.29) is 6.03 Å². The van der Waals surface area contributed by atoms with Crippen molar-refractivity contribution < 1.29 is 9.00 Å². The van der Waals surface area contributed by atoms with Gasteiger partial charge in [0.2, 0.25) is 0 Å². The van der Waals surface area contributed by atoms with E-state index in [2.05, 4.69) is 29.6 Å². The summed E-state index contributed by atoms with van der Waals surface area (Å²) in [5.41, 5.74) is 0. The summed E-state index contributed by atoms with van der Waals surface area (Å²) in [6.45, 7) is 2.13. The van der Waals surface area contributed by atoms with Crippen LogP contribution >= 0.6 is 11.8 Å². The van der Waals surface area contributed by atoms with Gasteiger partial charge in [0.25, 0.3) is 0 Å². The highest BCUT2D eigenvalue weighted by molar-refractivity contribution is 7.99. The molecule has 1 heterocycles. The molecule has 0 aliphatic carbocycles. The van der Waals surface area contributed by atoms with Crippen LogP contribution in [0.15, 0.2) is 35.2 Å². The van der Waals surface area contributed by atoms with Crippen molar-refractivity contribution in [2.45, 2.75) is 11.3 Å². The first-order valence-electron chi connectivity index (χ1n) is 7.16. The van der Waals surface area contributed by atoms with Crippen LogP contribution in [-0.2, 0) is 10.8 Å². The van der Waals surface area contributed by atoms with Gasteiger partial charge in [-0.2, -0.15) is 0 Å². The minimum absolute atomic E-state index is 0.0207. The molecule has 2 atom stereocenters. The molecule has 116 valence electrons. The van der Waals surface area contributed by atoms with E-state index >= 15 is 0 Å². The normalized spacial score (nSPS) is 19.5. The van der Waals surface area contributed by atoms with E-state index in [0.717, 1.165) is 25.3 Å². The van der Waals surface area contributed by atoms with Crippen LogP contribution in [0.3, 0.4) is 0 Å². The number of amides is 2. The molecule has 4 nitrogen and oxygen atoms in total. The maximum absolute atomic E-state index is 12.0. The third-order valence-corrected chi connectivity index (χ3v) is 5.49. The lowest BCUT2D eigenvalue weighted by molar-refractivity contribution is 0.208. The molecule has 0 aromatic heterocycles. The van der Waals surface area contributed by atoms with Crippen molar-refractivity contribution in [3.8, 4) is 0 Å². The summed E-state index contributed by atoms with van der Waals surface area (Å²) in [5.74, 6) is 2.13. The Morgan fingerprint density at radius 1 is 1.43 bits per heavy atom. The number of rotatable bonds is 6. The van der Waals surface area contributed by atoms with Crippen LogP contribution in [0.1, 0.15) is 6.42 Å². The Balaban J connectivity index is 1.68. The molecule has 2 amide bonds. The van der Waals surface area contributed by atoms with E-state index in [1.165, 1.54) is 4.90 Å². The average Bonchev–Trinajstić information content (AvgIpc) is 2.95. The van der Waals surface area contributed by atoms with Crippen LogP contribution in [0.2, 0.25) is 0 Å². The van der Waals surface area contributed by atoms with Crippen molar-refractivity contribution in [3.05, 3.63) is 30.3 Å². The van der Waals surface area contributed by atoms with Crippen molar-refractivity contribution in [2.24, 2.45) is 5.92 Å². The maximum Gasteiger partial charge on any atom is 0.317 e. The lowest BCUT2D eigenvalue weighted by Gasteiger charge is -2.17. The van der Waals surface area contributed by atoms with E-state index in [1.54, 1.807) is 6.26 Å². The molecule has 1 aliphatic heterocycles. The topological polar surface area (TPSA) is 49.4 Å². The Morgan fingerprint density at radius 2 is 2.19 bits per heavy atom. The molecular formula is C15H22N2O2S2. The van der Waals surface area contributed by atoms with E-state index in [9.17, 15) is 9.00 Å². The SMILES string of the molecule is C[S@](=O)CCNC(=O)N1CC[C@H](CSc2ccccc2)C1. The number of benzene rings is 1. The molecule has 0 spiro atoms. The average molecular weight is 326 g/mol. The molecule has 1 N–H and O–H groups in total. The van der Waals surface area contributed by atoms with Gasteiger partial charge >= 0.3 is 6.03 Å². The van der Waals surface area contributed by atoms with Crippen molar-refractivity contribution in [1.29, 1.82) is 0 Å². The molecule has 21 heavy (non-hydrogen) atoms. The lowest BCUT2D eigenvalue weighted by atomic mass is 10.2. The Kier molecular flexibility index (Phi) is 6.57. The summed E-state index contributed by atoms with van der Waals surface area (Å²) in [7, 11) is -0.851. The van der Waals surface area contributed by atoms with Crippen molar-refractivity contribution >= 4 is 28.6 Å². The lowest BCUT2D eigenvalue weighted by Crippen LogP contribution is -2.40. The molecule has 1 aliphatic rings. The summed E-state index contributed by atoms with van der Waals surface area (Å²) in [5, 5.41) is 2.84. The van der Waals surface area contributed by atoms with E-state index in [4.69, 9.17) is 0 Å².